The highest BCUT2D eigenvalue weighted by Gasteiger charge is 2.00. The van der Waals surface area contributed by atoms with Gasteiger partial charge in [-0.1, -0.05) is 0 Å². The first-order chi connectivity index (χ1) is 7.86. The highest BCUT2D eigenvalue weighted by Crippen LogP contribution is 2.10. The van der Waals surface area contributed by atoms with Crippen LogP contribution in [0.2, 0.25) is 0 Å². The fourth-order valence-corrected chi connectivity index (χ4v) is 1.55. The van der Waals surface area contributed by atoms with Gasteiger partial charge in [-0.3, -0.25) is 9.97 Å². The number of aromatic nitrogens is 2. The van der Waals surface area contributed by atoms with Crippen LogP contribution in [0.25, 0.3) is 0 Å². The monoisotopic (exact) mass is 213 g/mol. The van der Waals surface area contributed by atoms with Gasteiger partial charge < -0.3 is 4.90 Å². The van der Waals surface area contributed by atoms with Gasteiger partial charge in [-0.05, 0) is 36.2 Å². The summed E-state index contributed by atoms with van der Waals surface area (Å²) in [5, 5.41) is 0. The van der Waals surface area contributed by atoms with Gasteiger partial charge in [0.1, 0.15) is 0 Å². The molecule has 0 radical (unpaired) electrons. The van der Waals surface area contributed by atoms with Crippen molar-refractivity contribution in [3.05, 3.63) is 54.6 Å². The van der Waals surface area contributed by atoms with Crippen LogP contribution in [0.5, 0.6) is 0 Å². The lowest BCUT2D eigenvalue weighted by molar-refractivity contribution is 0.872. The van der Waals surface area contributed by atoms with Crippen LogP contribution in [0.4, 0.5) is 5.69 Å². The molecule has 0 bridgehead atoms. The molecule has 0 aliphatic carbocycles. The number of hydrogen-bond donors (Lipinski definition) is 0. The fourth-order valence-electron chi connectivity index (χ4n) is 1.55. The summed E-state index contributed by atoms with van der Waals surface area (Å²) in [4.78, 5) is 10.3. The zero-order valence-electron chi connectivity index (χ0n) is 9.37. The zero-order chi connectivity index (χ0) is 11.2. The van der Waals surface area contributed by atoms with Crippen molar-refractivity contribution in [2.24, 2.45) is 0 Å². The van der Waals surface area contributed by atoms with Gasteiger partial charge >= 0.3 is 0 Å². The van der Waals surface area contributed by atoms with Crippen molar-refractivity contribution in [3.63, 3.8) is 0 Å². The molecular formula is C13H15N3. The molecule has 0 fully saturated rings. The van der Waals surface area contributed by atoms with Gasteiger partial charge in [-0.25, -0.2) is 0 Å². The Kier molecular flexibility index (Phi) is 3.49. The van der Waals surface area contributed by atoms with Crippen LogP contribution in [0.15, 0.2) is 49.1 Å². The van der Waals surface area contributed by atoms with E-state index < -0.39 is 0 Å². The average Bonchev–Trinajstić information content (AvgIpc) is 2.38. The molecule has 2 rings (SSSR count). The van der Waals surface area contributed by atoms with Crippen molar-refractivity contribution >= 4 is 5.69 Å². The molecule has 0 aliphatic heterocycles. The molecule has 0 aromatic carbocycles. The van der Waals surface area contributed by atoms with Crippen molar-refractivity contribution in [2.45, 2.75) is 6.42 Å². The molecular weight excluding hydrogens is 198 g/mol. The molecule has 0 amide bonds. The van der Waals surface area contributed by atoms with Crippen LogP contribution < -0.4 is 4.90 Å². The third kappa shape index (κ3) is 2.79. The molecule has 0 N–H and O–H groups in total. The fraction of sp³-hybridized carbons (Fsp3) is 0.231. The predicted molar refractivity (Wildman–Crippen MR) is 65.4 cm³/mol. The number of anilines is 1. The summed E-state index contributed by atoms with van der Waals surface area (Å²) < 4.78 is 0. The maximum absolute atomic E-state index is 4.11. The van der Waals surface area contributed by atoms with Gasteiger partial charge in [-0.15, -0.1) is 0 Å². The molecule has 0 saturated heterocycles. The van der Waals surface area contributed by atoms with E-state index in [0.29, 0.717) is 0 Å². The normalized spacial score (nSPS) is 10.1. The molecule has 2 aromatic heterocycles. The first kappa shape index (κ1) is 10.6. The molecule has 82 valence electrons. The lowest BCUT2D eigenvalue weighted by Gasteiger charge is -2.18. The summed E-state index contributed by atoms with van der Waals surface area (Å²) in [5.41, 5.74) is 2.46. The number of hydrogen-bond acceptors (Lipinski definition) is 3. The molecule has 0 spiro atoms. The van der Waals surface area contributed by atoms with E-state index in [-0.39, 0.29) is 0 Å². The first-order valence-corrected chi connectivity index (χ1v) is 5.36. The summed E-state index contributed by atoms with van der Waals surface area (Å²) in [6.45, 7) is 0.982. The highest BCUT2D eigenvalue weighted by atomic mass is 15.1. The van der Waals surface area contributed by atoms with E-state index in [1.807, 2.05) is 24.7 Å². The average molecular weight is 213 g/mol. The number of rotatable bonds is 4. The van der Waals surface area contributed by atoms with E-state index in [1.165, 1.54) is 5.56 Å². The van der Waals surface area contributed by atoms with E-state index in [1.54, 1.807) is 6.20 Å². The van der Waals surface area contributed by atoms with Crippen LogP contribution in [0, 0.1) is 0 Å². The zero-order valence-corrected chi connectivity index (χ0v) is 9.37. The van der Waals surface area contributed by atoms with Gasteiger partial charge in [0.25, 0.3) is 0 Å². The quantitative estimate of drug-likeness (QED) is 0.779. The minimum Gasteiger partial charge on any atom is -0.373 e. The molecule has 3 heteroatoms. The summed E-state index contributed by atoms with van der Waals surface area (Å²) in [7, 11) is 2.08. The van der Waals surface area contributed by atoms with E-state index >= 15 is 0 Å². The Bertz CT molecular complexity index is 414. The standard InChI is InChI=1S/C13H15N3/c1-16(13-3-2-7-15-11-13)10-6-12-4-8-14-9-5-12/h2-5,7-9,11H,6,10H2,1H3. The maximum atomic E-state index is 4.11. The Balaban J connectivity index is 1.92. The third-order valence-electron chi connectivity index (χ3n) is 2.57. The van der Waals surface area contributed by atoms with E-state index in [0.717, 1.165) is 18.7 Å². The van der Waals surface area contributed by atoms with Crippen LogP contribution in [-0.2, 0) is 6.42 Å². The van der Waals surface area contributed by atoms with Gasteiger partial charge in [0.2, 0.25) is 0 Å². The largest absolute Gasteiger partial charge is 0.373 e. The van der Waals surface area contributed by atoms with Crippen molar-refractivity contribution in [1.82, 2.24) is 9.97 Å². The number of nitrogens with zero attached hydrogens (tertiary/aromatic N) is 3. The Hall–Kier alpha value is -1.90. The second kappa shape index (κ2) is 5.26. The van der Waals surface area contributed by atoms with Crippen LogP contribution in [0.3, 0.4) is 0 Å². The van der Waals surface area contributed by atoms with Gasteiger partial charge in [0, 0.05) is 32.2 Å². The minimum atomic E-state index is 0.982. The topological polar surface area (TPSA) is 29.0 Å². The second-order valence-corrected chi connectivity index (χ2v) is 3.74. The Labute approximate surface area is 95.8 Å². The summed E-state index contributed by atoms with van der Waals surface area (Å²) in [5.74, 6) is 0. The van der Waals surface area contributed by atoms with Gasteiger partial charge in [0.15, 0.2) is 0 Å². The first-order valence-electron chi connectivity index (χ1n) is 5.36. The lowest BCUT2D eigenvalue weighted by Crippen LogP contribution is -2.20. The predicted octanol–water partition coefficient (Wildman–Crippen LogP) is 2.16. The lowest BCUT2D eigenvalue weighted by atomic mass is 10.2. The Morgan fingerprint density at radius 2 is 1.88 bits per heavy atom. The molecule has 2 aromatic rings. The van der Waals surface area contributed by atoms with Crippen LogP contribution >= 0.6 is 0 Å². The van der Waals surface area contributed by atoms with E-state index in [9.17, 15) is 0 Å². The van der Waals surface area contributed by atoms with Crippen molar-refractivity contribution < 1.29 is 0 Å². The van der Waals surface area contributed by atoms with Crippen molar-refractivity contribution in [2.75, 3.05) is 18.5 Å². The summed E-state index contributed by atoms with van der Waals surface area (Å²) in [6, 6.07) is 8.13. The number of likely N-dealkylation sites (N-methyl/N-ethyl adjacent to an activating group) is 1. The summed E-state index contributed by atoms with van der Waals surface area (Å²) in [6.07, 6.45) is 8.36. The van der Waals surface area contributed by atoms with Gasteiger partial charge in [0.05, 0.1) is 11.9 Å². The molecule has 16 heavy (non-hydrogen) atoms. The van der Waals surface area contributed by atoms with Gasteiger partial charge in [-0.2, -0.15) is 0 Å². The van der Waals surface area contributed by atoms with Crippen LogP contribution in [0.1, 0.15) is 5.56 Å². The smallest absolute Gasteiger partial charge is 0.0550 e. The third-order valence-corrected chi connectivity index (χ3v) is 2.57. The summed E-state index contributed by atoms with van der Waals surface area (Å²) >= 11 is 0. The minimum absolute atomic E-state index is 0.982. The molecule has 3 nitrogen and oxygen atoms in total. The van der Waals surface area contributed by atoms with E-state index in [4.69, 9.17) is 0 Å². The SMILES string of the molecule is CN(CCc1ccncc1)c1cccnc1. The highest BCUT2D eigenvalue weighted by molar-refractivity contribution is 5.42. The number of pyridine rings is 2. The van der Waals surface area contributed by atoms with Crippen molar-refractivity contribution in [1.29, 1.82) is 0 Å². The maximum Gasteiger partial charge on any atom is 0.0550 e. The molecule has 2 heterocycles. The van der Waals surface area contributed by atoms with E-state index in [2.05, 4.69) is 40.1 Å². The molecule has 0 atom stereocenters. The molecule has 0 unspecified atom stereocenters. The molecule has 0 aliphatic rings. The van der Waals surface area contributed by atoms with Crippen molar-refractivity contribution in [3.8, 4) is 0 Å². The molecule has 0 saturated carbocycles. The Morgan fingerprint density at radius 1 is 1.06 bits per heavy atom. The second-order valence-electron chi connectivity index (χ2n) is 3.74. The van der Waals surface area contributed by atoms with Crippen LogP contribution in [-0.4, -0.2) is 23.6 Å². The Morgan fingerprint density at radius 3 is 2.56 bits per heavy atom.